The maximum absolute atomic E-state index is 12.8. The van der Waals surface area contributed by atoms with Crippen molar-refractivity contribution >= 4 is 46.6 Å². The van der Waals surface area contributed by atoms with Gasteiger partial charge in [0.1, 0.15) is 11.8 Å². The molecule has 0 aliphatic carbocycles. The smallest absolute Gasteiger partial charge is 0.242 e. The van der Waals surface area contributed by atoms with E-state index in [-0.39, 0.29) is 24.8 Å². The van der Waals surface area contributed by atoms with Crippen molar-refractivity contribution in [2.45, 2.75) is 32.4 Å². The van der Waals surface area contributed by atoms with Crippen LogP contribution < -0.4 is 10.1 Å². The minimum Gasteiger partial charge on any atom is -0.494 e. The van der Waals surface area contributed by atoms with Crippen LogP contribution in [0.3, 0.4) is 0 Å². The van der Waals surface area contributed by atoms with E-state index < -0.39 is 6.04 Å². The quantitative estimate of drug-likeness (QED) is 0.541. The van der Waals surface area contributed by atoms with Crippen molar-refractivity contribution in [1.29, 1.82) is 0 Å². The number of amides is 2. The molecule has 1 N–H and O–H groups in total. The van der Waals surface area contributed by atoms with Crippen molar-refractivity contribution in [3.05, 3.63) is 63.1 Å². The van der Waals surface area contributed by atoms with Gasteiger partial charge in [0, 0.05) is 25.0 Å². The number of halogens is 3. The summed E-state index contributed by atoms with van der Waals surface area (Å²) < 4.78 is 5.63. The minimum absolute atomic E-state index is 0.146. The summed E-state index contributed by atoms with van der Waals surface area (Å²) in [4.78, 5) is 26.5. The Morgan fingerprint density at radius 2 is 1.76 bits per heavy atom. The number of benzene rings is 2. The Morgan fingerprint density at radius 1 is 1.07 bits per heavy atom. The molecule has 0 saturated heterocycles. The van der Waals surface area contributed by atoms with E-state index in [0.29, 0.717) is 33.8 Å². The van der Waals surface area contributed by atoms with Gasteiger partial charge in [0.15, 0.2) is 0 Å². The zero-order valence-electron chi connectivity index (χ0n) is 16.3. The summed E-state index contributed by atoms with van der Waals surface area (Å²) in [5.74, 6) is 0.302. The molecule has 0 aliphatic heterocycles. The third kappa shape index (κ3) is 7.11. The molecule has 2 aromatic rings. The lowest BCUT2D eigenvalue weighted by Crippen LogP contribution is -2.46. The number of nitrogens with one attached hydrogen (secondary N) is 1. The van der Waals surface area contributed by atoms with Gasteiger partial charge in [0.05, 0.1) is 16.7 Å². The van der Waals surface area contributed by atoms with E-state index in [9.17, 15) is 9.59 Å². The Balaban J connectivity index is 1.98. The molecule has 2 rings (SSSR count). The van der Waals surface area contributed by atoms with Crippen LogP contribution in [0.2, 0.25) is 15.1 Å². The van der Waals surface area contributed by atoms with Crippen molar-refractivity contribution < 1.29 is 14.3 Å². The van der Waals surface area contributed by atoms with E-state index in [0.717, 1.165) is 5.56 Å². The van der Waals surface area contributed by atoms with Gasteiger partial charge in [-0.15, -0.1) is 0 Å². The number of likely N-dealkylation sites (N-methyl/N-ethyl adjacent to an activating group) is 1. The minimum atomic E-state index is -0.626. The third-order valence-electron chi connectivity index (χ3n) is 4.37. The maximum Gasteiger partial charge on any atom is 0.242 e. The van der Waals surface area contributed by atoms with Crippen LogP contribution in [0.4, 0.5) is 0 Å². The van der Waals surface area contributed by atoms with Crippen LogP contribution in [0.5, 0.6) is 5.75 Å². The predicted molar refractivity (Wildman–Crippen MR) is 117 cm³/mol. The van der Waals surface area contributed by atoms with Gasteiger partial charge in [-0.25, -0.2) is 0 Å². The highest BCUT2D eigenvalue weighted by molar-refractivity contribution is 6.42. The molecule has 5 nitrogen and oxygen atoms in total. The Bertz CT molecular complexity index is 844. The second-order valence-corrected chi connectivity index (χ2v) is 7.72. The average Bonchev–Trinajstić information content (AvgIpc) is 2.72. The van der Waals surface area contributed by atoms with Crippen molar-refractivity contribution in [3.63, 3.8) is 0 Å². The molecule has 0 bridgehead atoms. The highest BCUT2D eigenvalue weighted by Crippen LogP contribution is 2.24. The van der Waals surface area contributed by atoms with Crippen LogP contribution in [0.1, 0.15) is 25.3 Å². The highest BCUT2D eigenvalue weighted by Gasteiger charge is 2.25. The largest absolute Gasteiger partial charge is 0.494 e. The fourth-order valence-corrected chi connectivity index (χ4v) is 3.16. The monoisotopic (exact) mass is 456 g/mol. The van der Waals surface area contributed by atoms with Crippen molar-refractivity contribution in [1.82, 2.24) is 10.2 Å². The number of carbonyl (C=O) groups excluding carboxylic acids is 2. The standard InChI is InChI=1S/C21H23Cl3N2O3/c1-14(21(28)25-2)26(13-15-5-10-18(23)19(24)12-15)20(27)4-3-11-29-17-8-6-16(22)7-9-17/h5-10,12,14H,3-4,11,13H2,1-2H3,(H,25,28)/t14-/m1/s1. The zero-order chi connectivity index (χ0) is 21.4. The summed E-state index contributed by atoms with van der Waals surface area (Å²) in [6.07, 6.45) is 0.760. The zero-order valence-corrected chi connectivity index (χ0v) is 18.5. The fourth-order valence-electron chi connectivity index (χ4n) is 2.71. The van der Waals surface area contributed by atoms with Gasteiger partial charge in [-0.2, -0.15) is 0 Å². The van der Waals surface area contributed by atoms with Crippen molar-refractivity contribution in [3.8, 4) is 5.75 Å². The first-order chi connectivity index (χ1) is 13.8. The Kier molecular flexibility index (Phi) is 9.08. The molecular weight excluding hydrogens is 435 g/mol. The molecule has 0 aromatic heterocycles. The van der Waals surface area contributed by atoms with Crippen molar-refractivity contribution in [2.75, 3.05) is 13.7 Å². The number of rotatable bonds is 9. The Morgan fingerprint density at radius 3 is 2.38 bits per heavy atom. The molecule has 0 saturated carbocycles. The van der Waals surface area contributed by atoms with Crippen LogP contribution in [0, 0.1) is 0 Å². The van der Waals surface area contributed by atoms with Gasteiger partial charge in [-0.05, 0) is 55.3 Å². The van der Waals surface area contributed by atoms with Gasteiger partial charge < -0.3 is 15.0 Å². The molecule has 156 valence electrons. The SMILES string of the molecule is CNC(=O)[C@@H](C)N(Cc1ccc(Cl)c(Cl)c1)C(=O)CCCOc1ccc(Cl)cc1. The van der Waals surface area contributed by atoms with Crippen LogP contribution in [0.25, 0.3) is 0 Å². The van der Waals surface area contributed by atoms with Crippen molar-refractivity contribution in [2.24, 2.45) is 0 Å². The molecule has 0 aliphatic rings. The van der Waals surface area contributed by atoms with E-state index in [4.69, 9.17) is 39.5 Å². The van der Waals surface area contributed by atoms with Crippen LogP contribution in [0.15, 0.2) is 42.5 Å². The van der Waals surface area contributed by atoms with Crippen LogP contribution >= 0.6 is 34.8 Å². The molecule has 0 radical (unpaired) electrons. The van der Waals surface area contributed by atoms with Gasteiger partial charge >= 0.3 is 0 Å². The summed E-state index contributed by atoms with van der Waals surface area (Å²) in [7, 11) is 1.54. The van der Waals surface area contributed by atoms with E-state index in [1.54, 1.807) is 56.4 Å². The second-order valence-electron chi connectivity index (χ2n) is 6.47. The first-order valence-electron chi connectivity index (χ1n) is 9.15. The fraction of sp³-hybridized carbons (Fsp3) is 0.333. The summed E-state index contributed by atoms with van der Waals surface area (Å²) in [5, 5.41) is 4.06. The molecule has 2 aromatic carbocycles. The molecule has 1 atom stereocenters. The predicted octanol–water partition coefficient (Wildman–Crippen LogP) is 4.97. The topological polar surface area (TPSA) is 58.6 Å². The van der Waals surface area contributed by atoms with E-state index in [1.807, 2.05) is 0 Å². The summed E-state index contributed by atoms with van der Waals surface area (Å²) in [6.45, 7) is 2.32. The number of carbonyl (C=O) groups is 2. The molecule has 0 unspecified atom stereocenters. The van der Waals surface area contributed by atoms with E-state index in [2.05, 4.69) is 5.32 Å². The number of ether oxygens (including phenoxy) is 1. The lowest BCUT2D eigenvalue weighted by Gasteiger charge is -2.28. The molecule has 8 heteroatoms. The second kappa shape index (κ2) is 11.3. The van der Waals surface area contributed by atoms with Crippen LogP contribution in [-0.2, 0) is 16.1 Å². The summed E-state index contributed by atoms with van der Waals surface area (Å²) >= 11 is 17.9. The van der Waals surface area contributed by atoms with Gasteiger partial charge in [0.2, 0.25) is 11.8 Å². The number of nitrogens with zero attached hydrogens (tertiary/aromatic N) is 1. The summed E-state index contributed by atoms with van der Waals surface area (Å²) in [6, 6.07) is 11.6. The number of hydrogen-bond acceptors (Lipinski definition) is 3. The van der Waals surface area contributed by atoms with E-state index in [1.165, 1.54) is 4.90 Å². The molecule has 0 fully saturated rings. The average molecular weight is 458 g/mol. The Hall–Kier alpha value is -1.95. The van der Waals surface area contributed by atoms with Crippen LogP contribution in [-0.4, -0.2) is 36.4 Å². The first-order valence-corrected chi connectivity index (χ1v) is 10.3. The molecule has 0 spiro atoms. The Labute approximate surface area is 185 Å². The maximum atomic E-state index is 12.8. The highest BCUT2D eigenvalue weighted by atomic mass is 35.5. The van der Waals surface area contributed by atoms with Gasteiger partial charge in [-0.1, -0.05) is 40.9 Å². The third-order valence-corrected chi connectivity index (χ3v) is 5.36. The molecular formula is C21H23Cl3N2O3. The molecule has 29 heavy (non-hydrogen) atoms. The molecule has 2 amide bonds. The van der Waals surface area contributed by atoms with Gasteiger partial charge in [-0.3, -0.25) is 9.59 Å². The lowest BCUT2D eigenvalue weighted by atomic mass is 10.1. The number of hydrogen-bond donors (Lipinski definition) is 1. The van der Waals surface area contributed by atoms with Gasteiger partial charge in [0.25, 0.3) is 0 Å². The van der Waals surface area contributed by atoms with E-state index >= 15 is 0 Å². The molecule has 0 heterocycles. The lowest BCUT2D eigenvalue weighted by molar-refractivity contribution is -0.140. The normalized spacial score (nSPS) is 11.6. The first kappa shape index (κ1) is 23.3. The summed E-state index contributed by atoms with van der Waals surface area (Å²) in [5.41, 5.74) is 0.793.